The Morgan fingerprint density at radius 1 is 1.32 bits per heavy atom. The van der Waals surface area contributed by atoms with E-state index in [1.807, 2.05) is 10.7 Å². The zero-order valence-electron chi connectivity index (χ0n) is 17.8. The van der Waals surface area contributed by atoms with Crippen molar-refractivity contribution >= 4 is 5.57 Å². The lowest BCUT2D eigenvalue weighted by atomic mass is 10.0. The molecule has 3 heterocycles. The molecule has 0 fully saturated rings. The molecule has 0 amide bonds. The van der Waals surface area contributed by atoms with Gasteiger partial charge in [0.05, 0.1) is 30.3 Å². The number of methoxy groups -OCH3 is 1. The van der Waals surface area contributed by atoms with Gasteiger partial charge in [-0.2, -0.15) is 18.3 Å². The van der Waals surface area contributed by atoms with Crippen LogP contribution in [0.4, 0.5) is 13.2 Å². The van der Waals surface area contributed by atoms with Crippen molar-refractivity contribution < 1.29 is 22.6 Å². The van der Waals surface area contributed by atoms with Crippen LogP contribution < -0.4 is 9.47 Å². The molecule has 0 N–H and O–H groups in total. The zero-order chi connectivity index (χ0) is 22.4. The van der Waals surface area contributed by atoms with Crippen LogP contribution in [-0.2, 0) is 6.54 Å². The fraction of sp³-hybridized carbons (Fsp3) is 0.391. The van der Waals surface area contributed by atoms with Gasteiger partial charge in [0, 0.05) is 18.2 Å². The summed E-state index contributed by atoms with van der Waals surface area (Å²) in [5, 5.41) is 4.57. The minimum absolute atomic E-state index is 0.259. The van der Waals surface area contributed by atoms with Crippen molar-refractivity contribution in [3.63, 3.8) is 0 Å². The van der Waals surface area contributed by atoms with E-state index in [0.29, 0.717) is 35.9 Å². The van der Waals surface area contributed by atoms with Crippen molar-refractivity contribution in [3.8, 4) is 11.6 Å². The smallest absolute Gasteiger partial charge is 0.416 e. The minimum Gasteiger partial charge on any atom is -0.483 e. The predicted molar refractivity (Wildman–Crippen MR) is 113 cm³/mol. The molecule has 1 aliphatic heterocycles. The van der Waals surface area contributed by atoms with Crippen molar-refractivity contribution in [2.75, 3.05) is 7.11 Å². The number of allylic oxidation sites excluding steroid dienone is 6. The van der Waals surface area contributed by atoms with Gasteiger partial charge < -0.3 is 9.47 Å². The minimum atomic E-state index is -4.42. The summed E-state index contributed by atoms with van der Waals surface area (Å²) < 4.78 is 53.2. The first-order chi connectivity index (χ1) is 14.9. The second-order valence-electron chi connectivity index (χ2n) is 7.13. The van der Waals surface area contributed by atoms with Crippen molar-refractivity contribution in [1.29, 1.82) is 0 Å². The molecule has 0 bridgehead atoms. The number of aryl methyl sites for hydroxylation is 1. The molecule has 0 saturated heterocycles. The Morgan fingerprint density at radius 2 is 2.13 bits per heavy atom. The highest BCUT2D eigenvalue weighted by Crippen LogP contribution is 2.34. The number of alkyl halides is 3. The number of hydrogen-bond donors (Lipinski definition) is 0. The highest BCUT2D eigenvalue weighted by Gasteiger charge is 2.32. The van der Waals surface area contributed by atoms with Crippen LogP contribution in [0.2, 0.25) is 0 Å². The largest absolute Gasteiger partial charge is 0.483 e. The zero-order valence-corrected chi connectivity index (χ0v) is 17.8. The van der Waals surface area contributed by atoms with E-state index in [1.54, 1.807) is 51.4 Å². The van der Waals surface area contributed by atoms with Crippen LogP contribution in [0, 0.1) is 0 Å². The van der Waals surface area contributed by atoms with E-state index in [4.69, 9.17) is 9.47 Å². The summed E-state index contributed by atoms with van der Waals surface area (Å²) in [4.78, 5) is 4.15. The molecule has 1 unspecified atom stereocenters. The number of rotatable bonds is 7. The predicted octanol–water partition coefficient (Wildman–Crippen LogP) is 6.06. The van der Waals surface area contributed by atoms with Gasteiger partial charge in [0.1, 0.15) is 11.9 Å². The number of halogens is 3. The first-order valence-corrected chi connectivity index (χ1v) is 10.2. The van der Waals surface area contributed by atoms with Crippen LogP contribution in [0.25, 0.3) is 5.57 Å². The van der Waals surface area contributed by atoms with Gasteiger partial charge in [0.2, 0.25) is 5.88 Å². The molecule has 5 nitrogen and oxygen atoms in total. The van der Waals surface area contributed by atoms with Gasteiger partial charge in [-0.15, -0.1) is 0 Å². The van der Waals surface area contributed by atoms with Crippen LogP contribution in [0.5, 0.6) is 11.6 Å². The fourth-order valence-corrected chi connectivity index (χ4v) is 3.46. The maximum absolute atomic E-state index is 13.4. The molecule has 1 atom stereocenters. The maximum atomic E-state index is 13.4. The second kappa shape index (κ2) is 9.85. The fourth-order valence-electron chi connectivity index (χ4n) is 3.46. The highest BCUT2D eigenvalue weighted by molar-refractivity contribution is 5.74. The summed E-state index contributed by atoms with van der Waals surface area (Å²) in [5.41, 5.74) is 1.06. The summed E-state index contributed by atoms with van der Waals surface area (Å²) in [6.07, 6.45) is 4.53. The molecule has 2 aromatic heterocycles. The monoisotopic (exact) mass is 433 g/mol. The third kappa shape index (κ3) is 5.57. The molecule has 0 saturated carbocycles. The van der Waals surface area contributed by atoms with Crippen LogP contribution in [0.15, 0.2) is 54.3 Å². The molecular weight excluding hydrogens is 407 g/mol. The Labute approximate surface area is 179 Å². The summed E-state index contributed by atoms with van der Waals surface area (Å²) in [6.45, 7) is 4.14. The van der Waals surface area contributed by atoms with E-state index in [9.17, 15) is 13.2 Å². The third-order valence-electron chi connectivity index (χ3n) is 4.88. The van der Waals surface area contributed by atoms with E-state index in [2.05, 4.69) is 10.1 Å². The Bertz CT molecular complexity index is 973. The molecular formula is C23H26F3N3O2. The number of hydrogen-bond acceptors (Lipinski definition) is 4. The van der Waals surface area contributed by atoms with Gasteiger partial charge in [-0.05, 0) is 44.4 Å². The van der Waals surface area contributed by atoms with Crippen LogP contribution in [0.1, 0.15) is 50.6 Å². The van der Waals surface area contributed by atoms with E-state index in [-0.39, 0.29) is 6.10 Å². The SMILES string of the molecule is C\C=C/C(=C\C(=C\CC)C(F)(F)F)c1cc2n(n1)CCCC2Oc1ccc(OC)nc1. The summed E-state index contributed by atoms with van der Waals surface area (Å²) in [7, 11) is 1.54. The van der Waals surface area contributed by atoms with E-state index in [1.165, 1.54) is 6.08 Å². The Balaban J connectivity index is 1.92. The molecule has 2 aromatic rings. The van der Waals surface area contributed by atoms with Crippen LogP contribution in [-0.4, -0.2) is 28.1 Å². The van der Waals surface area contributed by atoms with Crippen molar-refractivity contribution in [2.45, 2.75) is 51.9 Å². The van der Waals surface area contributed by atoms with E-state index < -0.39 is 11.7 Å². The van der Waals surface area contributed by atoms with Gasteiger partial charge in [-0.3, -0.25) is 4.68 Å². The quantitative estimate of drug-likeness (QED) is 0.498. The van der Waals surface area contributed by atoms with Crippen LogP contribution in [0.3, 0.4) is 0 Å². The van der Waals surface area contributed by atoms with Gasteiger partial charge in [0.15, 0.2) is 0 Å². The summed E-state index contributed by atoms with van der Waals surface area (Å²) >= 11 is 0. The normalized spacial score (nSPS) is 17.7. The average molecular weight is 433 g/mol. The van der Waals surface area contributed by atoms with Crippen molar-refractivity contribution in [3.05, 3.63) is 65.7 Å². The Kier molecular flexibility index (Phi) is 7.20. The molecule has 0 radical (unpaired) electrons. The van der Waals surface area contributed by atoms with Crippen molar-refractivity contribution in [1.82, 2.24) is 14.8 Å². The topological polar surface area (TPSA) is 49.2 Å². The first kappa shape index (κ1) is 22.7. The maximum Gasteiger partial charge on any atom is 0.416 e. The Hall–Kier alpha value is -3.03. The average Bonchev–Trinajstić information content (AvgIpc) is 3.18. The molecule has 0 aromatic carbocycles. The highest BCUT2D eigenvalue weighted by atomic mass is 19.4. The van der Waals surface area contributed by atoms with Gasteiger partial charge >= 0.3 is 6.18 Å². The van der Waals surface area contributed by atoms with Crippen LogP contribution >= 0.6 is 0 Å². The van der Waals surface area contributed by atoms with E-state index >= 15 is 0 Å². The van der Waals surface area contributed by atoms with E-state index in [0.717, 1.165) is 24.6 Å². The van der Waals surface area contributed by atoms with Gasteiger partial charge in [0.25, 0.3) is 0 Å². The number of nitrogens with zero attached hydrogens (tertiary/aromatic N) is 3. The number of aromatic nitrogens is 3. The molecule has 1 aliphatic rings. The lowest BCUT2D eigenvalue weighted by Crippen LogP contribution is -2.20. The molecule has 0 spiro atoms. The Morgan fingerprint density at radius 3 is 2.74 bits per heavy atom. The molecule has 0 aliphatic carbocycles. The molecule has 3 rings (SSSR count). The number of fused-ring (bicyclic) bond motifs is 1. The number of pyridine rings is 1. The molecule has 31 heavy (non-hydrogen) atoms. The third-order valence-corrected chi connectivity index (χ3v) is 4.88. The first-order valence-electron chi connectivity index (χ1n) is 10.2. The van der Waals surface area contributed by atoms with Crippen molar-refractivity contribution in [2.24, 2.45) is 0 Å². The molecule has 8 heteroatoms. The van der Waals surface area contributed by atoms with Gasteiger partial charge in [-0.1, -0.05) is 25.2 Å². The lowest BCUT2D eigenvalue weighted by molar-refractivity contribution is -0.0883. The van der Waals surface area contributed by atoms with Gasteiger partial charge in [-0.25, -0.2) is 4.98 Å². The second-order valence-corrected chi connectivity index (χ2v) is 7.13. The summed E-state index contributed by atoms with van der Waals surface area (Å²) in [6, 6.07) is 5.30. The summed E-state index contributed by atoms with van der Waals surface area (Å²) in [5.74, 6) is 1.08. The standard InChI is InChI=1S/C23H26F3N3O2/c1-4-7-16(13-17(8-5-2)23(24,25)26)19-14-20-21(9-6-12-29(20)28-19)31-18-10-11-22(30-3)27-15-18/h4,7-8,10-11,13-15,21H,5-6,9,12H2,1-3H3/b7-4-,16-13+,17-8-. The molecule has 166 valence electrons. The number of ether oxygens (including phenoxy) is 2. The lowest BCUT2D eigenvalue weighted by Gasteiger charge is -2.24.